The molecule has 0 rings (SSSR count). The molecule has 0 aliphatic carbocycles. The maximum absolute atomic E-state index is 3.50. The summed E-state index contributed by atoms with van der Waals surface area (Å²) in [7, 11) is 1.30. The van der Waals surface area contributed by atoms with E-state index < -0.39 is 0 Å². The van der Waals surface area contributed by atoms with Crippen molar-refractivity contribution in [2.75, 3.05) is 0 Å². The molecule has 0 bridgehead atoms. The first-order valence-electron chi connectivity index (χ1n) is 2.41. The molecule has 0 aliphatic rings. The Hall–Kier alpha value is 0.697. The van der Waals surface area contributed by atoms with Crippen molar-refractivity contribution in [3.63, 3.8) is 0 Å². The second-order valence-electron chi connectivity index (χ2n) is 1.57. The number of alkyl halides is 1. The molecule has 0 saturated heterocycles. The molecular weight excluding hydrogens is 156 g/mol. The van der Waals surface area contributed by atoms with E-state index in [2.05, 4.69) is 22.9 Å². The summed E-state index contributed by atoms with van der Waals surface area (Å²) in [6.07, 6.45) is 2.67. The van der Waals surface area contributed by atoms with E-state index in [0.717, 1.165) is 4.45 Å². The molecule has 1 atom stereocenters. The van der Waals surface area contributed by atoms with E-state index in [-0.39, 0.29) is 0 Å². The van der Waals surface area contributed by atoms with E-state index in [0.29, 0.717) is 0 Å². The maximum Gasteiger partial charge on any atom is 0.0201 e. The van der Waals surface area contributed by atoms with Crippen molar-refractivity contribution >= 4 is 26.2 Å². The van der Waals surface area contributed by atoms with Crippen LogP contribution < -0.4 is 0 Å². The summed E-state index contributed by atoms with van der Waals surface area (Å²) in [5.74, 6) is 0. The minimum Gasteiger partial charge on any atom is -0.0936 e. The van der Waals surface area contributed by atoms with E-state index in [4.69, 9.17) is 0 Å². The van der Waals surface area contributed by atoms with Crippen molar-refractivity contribution < 1.29 is 0 Å². The number of rotatable bonds is 2. The van der Waals surface area contributed by atoms with Crippen molar-refractivity contribution in [3.8, 4) is 0 Å². The molecule has 0 saturated carbocycles. The second-order valence-corrected chi connectivity index (χ2v) is 6.22. The number of hydrogen-bond donors (Lipinski definition) is 0. The third kappa shape index (κ3) is 4.70. The Morgan fingerprint density at radius 2 is 2.33 bits per heavy atom. The van der Waals surface area contributed by atoms with Crippen LogP contribution in [0.4, 0.5) is 0 Å². The Labute approximate surface area is 50.9 Å². The van der Waals surface area contributed by atoms with Crippen molar-refractivity contribution in [3.05, 3.63) is 0 Å². The van der Waals surface area contributed by atoms with E-state index in [1.807, 2.05) is 0 Å². The Bertz CT molecular complexity index is 28.7. The van der Waals surface area contributed by atoms with Gasteiger partial charge in [-0.3, -0.25) is 0 Å². The quantitative estimate of drug-likeness (QED) is 0.423. The molecule has 0 radical (unpaired) electrons. The molecule has 0 spiro atoms. The van der Waals surface area contributed by atoms with Gasteiger partial charge in [-0.2, -0.15) is 0 Å². The average molecular weight is 167 g/mol. The topological polar surface area (TPSA) is 0 Å². The van der Waals surface area contributed by atoms with Gasteiger partial charge >= 0.3 is 0 Å². The molecule has 0 aromatic heterocycles. The highest BCUT2D eigenvalue weighted by molar-refractivity contribution is 9.10. The Morgan fingerprint density at radius 3 is 2.33 bits per heavy atom. The van der Waals surface area contributed by atoms with Crippen LogP contribution in [0, 0.1) is 0 Å². The zero-order chi connectivity index (χ0) is 4.99. The normalized spacial score (nSPS) is 15.0. The third-order valence-electron chi connectivity index (χ3n) is 0.686. The van der Waals surface area contributed by atoms with Crippen LogP contribution in [0.2, 0.25) is 0 Å². The number of halogens is 1. The lowest BCUT2D eigenvalue weighted by Crippen LogP contribution is -1.92. The van der Waals surface area contributed by atoms with Crippen LogP contribution in [0.15, 0.2) is 0 Å². The van der Waals surface area contributed by atoms with Gasteiger partial charge < -0.3 is 0 Å². The molecule has 0 heterocycles. The van der Waals surface area contributed by atoms with E-state index >= 15 is 0 Å². The van der Waals surface area contributed by atoms with Gasteiger partial charge in [-0.1, -0.05) is 29.3 Å². The molecule has 2 heteroatoms. The fraction of sp³-hybridized carbons (Fsp3) is 1.00. The average Bonchev–Trinajstić information content (AvgIpc) is 1.35. The smallest absolute Gasteiger partial charge is 0.0201 e. The highest BCUT2D eigenvalue weighted by Gasteiger charge is 1.88. The van der Waals surface area contributed by atoms with Gasteiger partial charge in [0.2, 0.25) is 0 Å². The lowest BCUT2D eigenvalue weighted by Gasteiger charge is -1.93. The van der Waals surface area contributed by atoms with E-state index in [1.165, 1.54) is 23.1 Å². The molecule has 0 nitrogen and oxygen atoms in total. The standard InChI is InChI=1S/C4H11BrSi/c1-2-3-4(5)6/h4H,2-3H2,1,6H3. The van der Waals surface area contributed by atoms with Crippen molar-refractivity contribution in [1.82, 2.24) is 0 Å². The molecular formula is C4H11BrSi. The molecule has 0 aromatic rings. The summed E-state index contributed by atoms with van der Waals surface area (Å²) in [5, 5.41) is 0. The first kappa shape index (κ1) is 6.70. The van der Waals surface area contributed by atoms with E-state index in [9.17, 15) is 0 Å². The SMILES string of the molecule is CCCC([SiH3])Br. The van der Waals surface area contributed by atoms with Crippen LogP contribution in [-0.4, -0.2) is 14.7 Å². The summed E-state index contributed by atoms with van der Waals surface area (Å²) in [6.45, 7) is 2.21. The molecule has 6 heavy (non-hydrogen) atoms. The Balaban J connectivity index is 2.63. The summed E-state index contributed by atoms with van der Waals surface area (Å²) in [5.41, 5.74) is 0. The van der Waals surface area contributed by atoms with Gasteiger partial charge in [0.25, 0.3) is 0 Å². The molecule has 0 aromatic carbocycles. The lowest BCUT2D eigenvalue weighted by molar-refractivity contribution is 0.871. The third-order valence-corrected chi connectivity index (χ3v) is 1.72. The van der Waals surface area contributed by atoms with Crippen LogP contribution in [0.5, 0.6) is 0 Å². The molecule has 38 valence electrons. The summed E-state index contributed by atoms with van der Waals surface area (Å²) in [6, 6.07) is 0. The predicted octanol–water partition coefficient (Wildman–Crippen LogP) is 0.873. The maximum atomic E-state index is 3.50. The van der Waals surface area contributed by atoms with Crippen LogP contribution in [0.25, 0.3) is 0 Å². The van der Waals surface area contributed by atoms with Crippen LogP contribution in [0.1, 0.15) is 19.8 Å². The predicted molar refractivity (Wildman–Crippen MR) is 37.6 cm³/mol. The highest BCUT2D eigenvalue weighted by Crippen LogP contribution is 2.00. The summed E-state index contributed by atoms with van der Waals surface area (Å²) in [4.78, 5) is 0. The summed E-state index contributed by atoms with van der Waals surface area (Å²) >= 11 is 3.50. The van der Waals surface area contributed by atoms with Crippen molar-refractivity contribution in [2.45, 2.75) is 24.2 Å². The first-order valence-corrected chi connectivity index (χ1v) is 4.48. The second kappa shape index (κ2) is 3.87. The summed E-state index contributed by atoms with van der Waals surface area (Å²) < 4.78 is 0.850. The Kier molecular flexibility index (Phi) is 4.32. The van der Waals surface area contributed by atoms with E-state index in [1.54, 1.807) is 0 Å². The molecule has 0 fully saturated rings. The molecule has 0 amide bonds. The van der Waals surface area contributed by atoms with Gasteiger partial charge in [-0.15, -0.1) is 0 Å². The van der Waals surface area contributed by atoms with Crippen molar-refractivity contribution in [2.24, 2.45) is 0 Å². The largest absolute Gasteiger partial charge is 0.0936 e. The molecule has 1 unspecified atom stereocenters. The van der Waals surface area contributed by atoms with Gasteiger partial charge in [-0.25, -0.2) is 0 Å². The lowest BCUT2D eigenvalue weighted by atomic mass is 10.4. The monoisotopic (exact) mass is 166 g/mol. The first-order chi connectivity index (χ1) is 2.77. The van der Waals surface area contributed by atoms with Gasteiger partial charge in [0, 0.05) is 10.2 Å². The zero-order valence-corrected chi connectivity index (χ0v) is 7.96. The fourth-order valence-corrected chi connectivity index (χ4v) is 1.43. The van der Waals surface area contributed by atoms with Crippen molar-refractivity contribution in [1.29, 1.82) is 0 Å². The van der Waals surface area contributed by atoms with Crippen LogP contribution >= 0.6 is 15.9 Å². The van der Waals surface area contributed by atoms with Crippen LogP contribution in [0.3, 0.4) is 0 Å². The van der Waals surface area contributed by atoms with Gasteiger partial charge in [0.15, 0.2) is 0 Å². The number of hydrogen-bond acceptors (Lipinski definition) is 0. The van der Waals surface area contributed by atoms with Gasteiger partial charge in [0.05, 0.1) is 0 Å². The zero-order valence-electron chi connectivity index (χ0n) is 4.37. The van der Waals surface area contributed by atoms with Crippen LogP contribution in [-0.2, 0) is 0 Å². The molecule has 0 N–H and O–H groups in total. The fourth-order valence-electron chi connectivity index (χ4n) is 0.398. The Morgan fingerprint density at radius 1 is 1.83 bits per heavy atom. The molecule has 0 aliphatic heterocycles. The highest BCUT2D eigenvalue weighted by atomic mass is 79.9. The van der Waals surface area contributed by atoms with Gasteiger partial charge in [0.1, 0.15) is 0 Å². The minimum absolute atomic E-state index is 0.850. The van der Waals surface area contributed by atoms with Gasteiger partial charge in [-0.05, 0) is 10.9 Å². The minimum atomic E-state index is 0.850.